The van der Waals surface area contributed by atoms with Gasteiger partial charge in [-0.1, -0.05) is 0 Å². The monoisotopic (exact) mass is 235 g/mol. The fourth-order valence-electron chi connectivity index (χ4n) is 2.52. The molecule has 1 N–H and O–H groups in total. The number of nitrogens with one attached hydrogen (secondary N) is 1. The molecule has 5 nitrogen and oxygen atoms in total. The maximum atomic E-state index is 12.2. The highest BCUT2D eigenvalue weighted by atomic mass is 16.5. The van der Waals surface area contributed by atoms with Gasteiger partial charge in [-0.2, -0.15) is 0 Å². The zero-order valence-electron chi connectivity index (χ0n) is 9.82. The van der Waals surface area contributed by atoms with Crippen molar-refractivity contribution >= 4 is 0 Å². The first-order valence-electron chi connectivity index (χ1n) is 6.24. The molecule has 0 radical (unpaired) electrons. The van der Waals surface area contributed by atoms with Gasteiger partial charge in [0.1, 0.15) is 0 Å². The van der Waals surface area contributed by atoms with E-state index in [0.29, 0.717) is 13.1 Å². The molecule has 0 bridgehead atoms. The highest BCUT2D eigenvalue weighted by Gasteiger charge is 2.19. The van der Waals surface area contributed by atoms with Crippen LogP contribution in [-0.2, 0) is 24.2 Å². The summed E-state index contributed by atoms with van der Waals surface area (Å²) in [5, 5.41) is 3.22. The molecule has 3 rings (SSSR count). The van der Waals surface area contributed by atoms with Crippen LogP contribution in [0.15, 0.2) is 11.1 Å². The van der Waals surface area contributed by atoms with E-state index in [1.54, 1.807) is 10.9 Å². The summed E-state index contributed by atoms with van der Waals surface area (Å²) in [5.41, 5.74) is 1.88. The summed E-state index contributed by atoms with van der Waals surface area (Å²) >= 11 is 0. The van der Waals surface area contributed by atoms with E-state index in [9.17, 15) is 4.79 Å². The van der Waals surface area contributed by atoms with Crippen molar-refractivity contribution in [3.05, 3.63) is 27.9 Å². The molecule has 1 unspecified atom stereocenters. The van der Waals surface area contributed by atoms with Crippen LogP contribution in [0.1, 0.15) is 24.1 Å². The van der Waals surface area contributed by atoms with Gasteiger partial charge in [0, 0.05) is 26.1 Å². The Bertz CT molecular complexity index is 463. The number of ether oxygens (including phenoxy) is 1. The molecular formula is C12H17N3O2. The molecule has 1 aromatic rings. The van der Waals surface area contributed by atoms with E-state index in [2.05, 4.69) is 10.3 Å². The largest absolute Gasteiger partial charge is 0.376 e. The molecule has 0 saturated carbocycles. The Hall–Kier alpha value is -1.20. The summed E-state index contributed by atoms with van der Waals surface area (Å²) in [6, 6.07) is 0. The Morgan fingerprint density at radius 1 is 1.59 bits per heavy atom. The number of rotatable bonds is 2. The van der Waals surface area contributed by atoms with Crippen molar-refractivity contribution in [1.82, 2.24) is 14.9 Å². The molecule has 2 aliphatic heterocycles. The van der Waals surface area contributed by atoms with Crippen molar-refractivity contribution in [2.75, 3.05) is 13.2 Å². The zero-order chi connectivity index (χ0) is 11.7. The van der Waals surface area contributed by atoms with Crippen LogP contribution < -0.4 is 10.9 Å². The maximum absolute atomic E-state index is 12.2. The van der Waals surface area contributed by atoms with Crippen molar-refractivity contribution in [3.63, 3.8) is 0 Å². The minimum absolute atomic E-state index is 0.0951. The van der Waals surface area contributed by atoms with E-state index in [1.807, 2.05) is 0 Å². The molecular weight excluding hydrogens is 218 g/mol. The second kappa shape index (κ2) is 4.58. The molecule has 1 saturated heterocycles. The molecule has 0 aliphatic carbocycles. The van der Waals surface area contributed by atoms with Crippen LogP contribution >= 0.6 is 0 Å². The normalized spacial score (nSPS) is 23.6. The first-order chi connectivity index (χ1) is 8.34. The summed E-state index contributed by atoms with van der Waals surface area (Å²) < 4.78 is 7.25. The Labute approximate surface area is 99.8 Å². The van der Waals surface area contributed by atoms with Gasteiger partial charge in [0.25, 0.3) is 5.56 Å². The van der Waals surface area contributed by atoms with Crippen LogP contribution in [0, 0.1) is 0 Å². The zero-order valence-corrected chi connectivity index (χ0v) is 9.82. The van der Waals surface area contributed by atoms with Gasteiger partial charge in [0.15, 0.2) is 0 Å². The summed E-state index contributed by atoms with van der Waals surface area (Å²) in [6.07, 6.45) is 4.85. The lowest BCUT2D eigenvalue weighted by Gasteiger charge is -2.18. The second-order valence-corrected chi connectivity index (χ2v) is 4.69. The van der Waals surface area contributed by atoms with Crippen molar-refractivity contribution < 1.29 is 4.74 Å². The fourth-order valence-corrected chi connectivity index (χ4v) is 2.52. The van der Waals surface area contributed by atoms with Crippen LogP contribution in [0.4, 0.5) is 0 Å². The van der Waals surface area contributed by atoms with Crippen LogP contribution in [0.3, 0.4) is 0 Å². The summed E-state index contributed by atoms with van der Waals surface area (Å²) in [5.74, 6) is 0. The number of hydrogen-bond donors (Lipinski definition) is 1. The van der Waals surface area contributed by atoms with E-state index in [4.69, 9.17) is 4.74 Å². The first-order valence-corrected chi connectivity index (χ1v) is 6.24. The highest BCUT2D eigenvalue weighted by molar-refractivity contribution is 5.19. The van der Waals surface area contributed by atoms with Gasteiger partial charge in [-0.25, -0.2) is 4.98 Å². The third kappa shape index (κ3) is 2.12. The van der Waals surface area contributed by atoms with Crippen LogP contribution in [0.5, 0.6) is 0 Å². The minimum atomic E-state index is 0.0951. The lowest BCUT2D eigenvalue weighted by Crippen LogP contribution is -2.36. The van der Waals surface area contributed by atoms with Gasteiger partial charge in [0.05, 0.1) is 30.2 Å². The molecule has 5 heteroatoms. The van der Waals surface area contributed by atoms with Gasteiger partial charge in [0.2, 0.25) is 0 Å². The van der Waals surface area contributed by atoms with Gasteiger partial charge in [-0.05, 0) is 12.8 Å². The summed E-state index contributed by atoms with van der Waals surface area (Å²) in [4.78, 5) is 16.6. The minimum Gasteiger partial charge on any atom is -0.376 e. The lowest BCUT2D eigenvalue weighted by atomic mass is 10.1. The molecule has 1 fully saturated rings. The van der Waals surface area contributed by atoms with Crippen molar-refractivity contribution in [2.45, 2.75) is 38.5 Å². The first kappa shape index (κ1) is 10.9. The summed E-state index contributed by atoms with van der Waals surface area (Å²) in [6.45, 7) is 3.02. The standard InChI is InChI=1S/C12H17N3O2/c16-12-10-6-13-4-3-11(10)14-8-15(12)7-9-2-1-5-17-9/h8-9,13H,1-7H2. The van der Waals surface area contributed by atoms with E-state index < -0.39 is 0 Å². The SMILES string of the molecule is O=c1c2c(ncn1CC1CCCO1)CCNC2. The Kier molecular flexibility index (Phi) is 2.94. The Morgan fingerprint density at radius 2 is 2.53 bits per heavy atom. The predicted octanol–water partition coefficient (Wildman–Crippen LogP) is 0.0680. The fraction of sp³-hybridized carbons (Fsp3) is 0.667. The molecule has 1 aromatic heterocycles. The quantitative estimate of drug-likeness (QED) is 0.788. The van der Waals surface area contributed by atoms with E-state index in [1.165, 1.54) is 0 Å². The molecule has 92 valence electrons. The third-order valence-electron chi connectivity index (χ3n) is 3.49. The van der Waals surface area contributed by atoms with E-state index >= 15 is 0 Å². The molecule has 3 heterocycles. The molecule has 2 aliphatic rings. The number of hydrogen-bond acceptors (Lipinski definition) is 4. The van der Waals surface area contributed by atoms with E-state index in [-0.39, 0.29) is 11.7 Å². The second-order valence-electron chi connectivity index (χ2n) is 4.69. The average Bonchev–Trinajstić information content (AvgIpc) is 2.86. The molecule has 0 aromatic carbocycles. The van der Waals surface area contributed by atoms with Gasteiger partial charge < -0.3 is 10.1 Å². The van der Waals surface area contributed by atoms with Crippen LogP contribution in [-0.4, -0.2) is 28.8 Å². The Morgan fingerprint density at radius 3 is 3.35 bits per heavy atom. The van der Waals surface area contributed by atoms with Crippen LogP contribution in [0.25, 0.3) is 0 Å². The van der Waals surface area contributed by atoms with Crippen molar-refractivity contribution in [1.29, 1.82) is 0 Å². The average molecular weight is 235 g/mol. The number of nitrogens with zero attached hydrogens (tertiary/aromatic N) is 2. The van der Waals surface area contributed by atoms with Crippen molar-refractivity contribution in [3.8, 4) is 0 Å². The third-order valence-corrected chi connectivity index (χ3v) is 3.49. The molecule has 17 heavy (non-hydrogen) atoms. The highest BCUT2D eigenvalue weighted by Crippen LogP contribution is 2.13. The maximum Gasteiger partial charge on any atom is 0.258 e. The topological polar surface area (TPSA) is 56.2 Å². The van der Waals surface area contributed by atoms with E-state index in [0.717, 1.165) is 43.7 Å². The van der Waals surface area contributed by atoms with Crippen molar-refractivity contribution in [2.24, 2.45) is 0 Å². The number of aromatic nitrogens is 2. The molecule has 1 atom stereocenters. The lowest BCUT2D eigenvalue weighted by molar-refractivity contribution is 0.0957. The van der Waals surface area contributed by atoms with Gasteiger partial charge in [-0.3, -0.25) is 9.36 Å². The van der Waals surface area contributed by atoms with Gasteiger partial charge in [-0.15, -0.1) is 0 Å². The Balaban J connectivity index is 1.87. The summed E-state index contributed by atoms with van der Waals surface area (Å²) in [7, 11) is 0. The number of fused-ring (bicyclic) bond motifs is 1. The molecule has 0 spiro atoms. The van der Waals surface area contributed by atoms with Gasteiger partial charge >= 0.3 is 0 Å². The van der Waals surface area contributed by atoms with Crippen LogP contribution in [0.2, 0.25) is 0 Å². The predicted molar refractivity (Wildman–Crippen MR) is 62.9 cm³/mol. The smallest absolute Gasteiger partial charge is 0.258 e. The molecule has 0 amide bonds.